The van der Waals surface area contributed by atoms with Gasteiger partial charge in [-0.15, -0.1) is 11.8 Å². The van der Waals surface area contributed by atoms with Gasteiger partial charge in [0.2, 0.25) is 5.91 Å². The van der Waals surface area contributed by atoms with E-state index in [0.29, 0.717) is 22.1 Å². The molecule has 5 heteroatoms. The van der Waals surface area contributed by atoms with Gasteiger partial charge in [-0.3, -0.25) is 4.79 Å². The number of carbonyl (C=O) groups excluding carboxylic acids is 1. The summed E-state index contributed by atoms with van der Waals surface area (Å²) in [6.07, 6.45) is 1.80. The number of hydrogen-bond acceptors (Lipinski definition) is 4. The van der Waals surface area contributed by atoms with E-state index in [2.05, 4.69) is 35.7 Å². The molecule has 2 heterocycles. The van der Waals surface area contributed by atoms with Gasteiger partial charge in [0.25, 0.3) is 0 Å². The molecule has 1 aromatic heterocycles. The van der Waals surface area contributed by atoms with Gasteiger partial charge in [0.05, 0.1) is 28.9 Å². The molecule has 0 saturated heterocycles. The molecule has 4 nitrogen and oxygen atoms in total. The number of allylic oxidation sites excluding steroid dienone is 1. The van der Waals surface area contributed by atoms with E-state index in [1.807, 2.05) is 24.3 Å². The Morgan fingerprint density at radius 3 is 2.81 bits per heavy atom. The maximum Gasteiger partial charge on any atom is 0.225 e. The Hall–Kier alpha value is -2.97. The summed E-state index contributed by atoms with van der Waals surface area (Å²) in [7, 11) is 0. The van der Waals surface area contributed by atoms with Crippen LogP contribution >= 0.6 is 11.8 Å². The standard InChI is InChI=1S/C21H16N2O2S/c22-12-18-17(19-9-4-10-25-19)11-20(24)23-21(18)26-13-15-7-3-6-14-5-1-2-8-16(14)15/h1-10,17H,11,13H2,(H,23,24). The minimum absolute atomic E-state index is 0.0918. The molecule has 0 radical (unpaired) electrons. The Kier molecular flexibility index (Phi) is 4.51. The molecule has 0 saturated carbocycles. The van der Waals surface area contributed by atoms with Crippen molar-refractivity contribution in [3.63, 3.8) is 0 Å². The lowest BCUT2D eigenvalue weighted by atomic mass is 9.92. The van der Waals surface area contributed by atoms with Crippen molar-refractivity contribution in [2.75, 3.05) is 0 Å². The number of nitriles is 1. The lowest BCUT2D eigenvalue weighted by Crippen LogP contribution is -2.30. The van der Waals surface area contributed by atoms with E-state index in [4.69, 9.17) is 4.42 Å². The third kappa shape index (κ3) is 3.12. The number of nitrogens with zero attached hydrogens (tertiary/aromatic N) is 1. The van der Waals surface area contributed by atoms with Crippen molar-refractivity contribution < 1.29 is 9.21 Å². The van der Waals surface area contributed by atoms with E-state index in [0.717, 1.165) is 0 Å². The highest BCUT2D eigenvalue weighted by Gasteiger charge is 2.31. The quantitative estimate of drug-likeness (QED) is 0.732. The highest BCUT2D eigenvalue weighted by molar-refractivity contribution is 8.02. The molecule has 1 aliphatic heterocycles. The van der Waals surface area contributed by atoms with Gasteiger partial charge < -0.3 is 9.73 Å². The summed E-state index contributed by atoms with van der Waals surface area (Å²) in [4.78, 5) is 12.2. The molecule has 1 aliphatic rings. The molecule has 26 heavy (non-hydrogen) atoms. The maximum atomic E-state index is 12.2. The Balaban J connectivity index is 1.65. The molecule has 0 aliphatic carbocycles. The summed E-state index contributed by atoms with van der Waals surface area (Å²) >= 11 is 1.49. The SMILES string of the molecule is N#CC1=C(SCc2cccc3ccccc23)NC(=O)CC1c1ccco1. The van der Waals surface area contributed by atoms with Crippen molar-refractivity contribution in [3.8, 4) is 6.07 Å². The van der Waals surface area contributed by atoms with E-state index >= 15 is 0 Å². The monoisotopic (exact) mass is 360 g/mol. The van der Waals surface area contributed by atoms with Crippen LogP contribution in [0.2, 0.25) is 0 Å². The molecule has 0 bridgehead atoms. The maximum absolute atomic E-state index is 12.2. The van der Waals surface area contributed by atoms with Crippen LogP contribution in [0.4, 0.5) is 0 Å². The fourth-order valence-electron chi connectivity index (χ4n) is 3.23. The highest BCUT2D eigenvalue weighted by atomic mass is 32.2. The molecule has 1 unspecified atom stereocenters. The van der Waals surface area contributed by atoms with Gasteiger partial charge in [0.15, 0.2) is 0 Å². The second-order valence-corrected chi connectivity index (χ2v) is 7.09. The average molecular weight is 360 g/mol. The first-order valence-electron chi connectivity index (χ1n) is 8.33. The van der Waals surface area contributed by atoms with Crippen molar-refractivity contribution in [2.24, 2.45) is 0 Å². The molecule has 0 fully saturated rings. The van der Waals surface area contributed by atoms with Gasteiger partial charge in [-0.25, -0.2) is 0 Å². The summed E-state index contributed by atoms with van der Waals surface area (Å²) in [5.74, 6) is 0.914. The first-order chi connectivity index (χ1) is 12.8. The van der Waals surface area contributed by atoms with Crippen LogP contribution in [0.25, 0.3) is 10.8 Å². The first-order valence-corrected chi connectivity index (χ1v) is 9.32. The lowest BCUT2D eigenvalue weighted by molar-refractivity contribution is -0.120. The summed E-state index contributed by atoms with van der Waals surface area (Å²) < 4.78 is 5.45. The molecule has 1 N–H and O–H groups in total. The molecule has 4 rings (SSSR count). The first kappa shape index (κ1) is 16.5. The number of furan rings is 1. The molecular weight excluding hydrogens is 344 g/mol. The van der Waals surface area contributed by atoms with Crippen molar-refractivity contribution in [1.82, 2.24) is 5.32 Å². The largest absolute Gasteiger partial charge is 0.469 e. The third-order valence-corrected chi connectivity index (χ3v) is 5.56. The van der Waals surface area contributed by atoms with Crippen molar-refractivity contribution in [3.05, 3.63) is 82.8 Å². The van der Waals surface area contributed by atoms with Crippen LogP contribution < -0.4 is 5.32 Å². The Bertz CT molecular complexity index is 1030. The number of thioether (sulfide) groups is 1. The Morgan fingerprint density at radius 1 is 1.15 bits per heavy atom. The van der Waals surface area contributed by atoms with Crippen LogP contribution in [0.1, 0.15) is 23.7 Å². The second kappa shape index (κ2) is 7.11. The summed E-state index contributed by atoms with van der Waals surface area (Å²) in [6, 6.07) is 20.3. The van der Waals surface area contributed by atoms with Crippen molar-refractivity contribution in [1.29, 1.82) is 5.26 Å². The van der Waals surface area contributed by atoms with Gasteiger partial charge >= 0.3 is 0 Å². The normalized spacial score (nSPS) is 17.2. The van der Waals surface area contributed by atoms with Crippen LogP contribution in [-0.4, -0.2) is 5.91 Å². The van der Waals surface area contributed by atoms with E-state index in [-0.39, 0.29) is 18.2 Å². The predicted octanol–water partition coefficient (Wildman–Crippen LogP) is 4.70. The number of nitrogens with one attached hydrogen (secondary N) is 1. The van der Waals surface area contributed by atoms with E-state index in [1.165, 1.54) is 28.1 Å². The number of benzene rings is 2. The Labute approximate surface area is 155 Å². The fourth-order valence-corrected chi connectivity index (χ4v) is 4.31. The highest BCUT2D eigenvalue weighted by Crippen LogP contribution is 2.37. The second-order valence-electron chi connectivity index (χ2n) is 6.10. The molecule has 1 amide bonds. The van der Waals surface area contributed by atoms with Crippen LogP contribution in [-0.2, 0) is 10.5 Å². The lowest BCUT2D eigenvalue weighted by Gasteiger charge is -2.23. The molecule has 2 aromatic carbocycles. The molecular formula is C21H16N2O2S. The molecule has 128 valence electrons. The van der Waals surface area contributed by atoms with E-state index in [1.54, 1.807) is 12.3 Å². The zero-order chi connectivity index (χ0) is 17.9. The van der Waals surface area contributed by atoms with Crippen molar-refractivity contribution >= 4 is 28.4 Å². The van der Waals surface area contributed by atoms with Crippen molar-refractivity contribution in [2.45, 2.75) is 18.1 Å². The minimum atomic E-state index is -0.321. The summed E-state index contributed by atoms with van der Waals surface area (Å²) in [6.45, 7) is 0. The van der Waals surface area contributed by atoms with Gasteiger partial charge in [-0.2, -0.15) is 5.26 Å². The van der Waals surface area contributed by atoms with Crippen LogP contribution in [0.5, 0.6) is 0 Å². The summed E-state index contributed by atoms with van der Waals surface area (Å²) in [5, 5.41) is 15.5. The van der Waals surface area contributed by atoms with Gasteiger partial charge in [0.1, 0.15) is 5.76 Å². The predicted molar refractivity (Wildman–Crippen MR) is 102 cm³/mol. The number of carbonyl (C=O) groups is 1. The number of amides is 1. The topological polar surface area (TPSA) is 66.0 Å². The van der Waals surface area contributed by atoms with E-state index in [9.17, 15) is 10.1 Å². The fraction of sp³-hybridized carbons (Fsp3) is 0.143. The summed E-state index contributed by atoms with van der Waals surface area (Å²) in [5.41, 5.74) is 1.73. The molecule has 0 spiro atoms. The number of fused-ring (bicyclic) bond motifs is 1. The number of rotatable bonds is 4. The van der Waals surface area contributed by atoms with E-state index < -0.39 is 0 Å². The minimum Gasteiger partial charge on any atom is -0.469 e. The smallest absolute Gasteiger partial charge is 0.225 e. The zero-order valence-corrected chi connectivity index (χ0v) is 14.8. The third-order valence-electron chi connectivity index (χ3n) is 4.49. The molecule has 3 aromatic rings. The van der Waals surface area contributed by atoms with Gasteiger partial charge in [-0.1, -0.05) is 42.5 Å². The van der Waals surface area contributed by atoms with Crippen LogP contribution in [0.15, 0.2) is 75.9 Å². The Morgan fingerprint density at radius 2 is 2.00 bits per heavy atom. The number of hydrogen-bond donors (Lipinski definition) is 1. The van der Waals surface area contributed by atoms with Crippen LogP contribution in [0, 0.1) is 11.3 Å². The molecule has 1 atom stereocenters. The van der Waals surface area contributed by atoms with Crippen LogP contribution in [0.3, 0.4) is 0 Å². The van der Waals surface area contributed by atoms with Gasteiger partial charge in [0, 0.05) is 12.2 Å². The average Bonchev–Trinajstić information content (AvgIpc) is 3.20. The van der Waals surface area contributed by atoms with Gasteiger partial charge in [-0.05, 0) is 28.5 Å². The zero-order valence-electron chi connectivity index (χ0n) is 13.9.